The minimum Gasteiger partial charge on any atom is -0.481 e. The van der Waals surface area contributed by atoms with E-state index in [1.165, 1.54) is 12.2 Å². The van der Waals surface area contributed by atoms with Crippen molar-refractivity contribution in [1.29, 1.82) is 0 Å². The van der Waals surface area contributed by atoms with E-state index in [0.717, 1.165) is 0 Å². The van der Waals surface area contributed by atoms with Gasteiger partial charge in [0.25, 0.3) is 11.4 Å². The van der Waals surface area contributed by atoms with Crippen LogP contribution in [0.25, 0.3) is 0 Å². The van der Waals surface area contributed by atoms with Gasteiger partial charge in [-0.25, -0.2) is 0 Å². The van der Waals surface area contributed by atoms with Crippen molar-refractivity contribution >= 4 is 11.9 Å². The molecular formula is C15H22N2O8. The molecule has 10 heteroatoms. The normalized spacial score (nSPS) is 14.6. The highest BCUT2D eigenvalue weighted by atomic mass is 16.6. The summed E-state index contributed by atoms with van der Waals surface area (Å²) in [4.78, 5) is 41.2. The lowest BCUT2D eigenvalue weighted by Crippen LogP contribution is -2.08. The quantitative estimate of drug-likeness (QED) is 0.397. The lowest BCUT2D eigenvalue weighted by Gasteiger charge is -2.14. The van der Waals surface area contributed by atoms with Crippen LogP contribution in [0.2, 0.25) is 0 Å². The Hall–Kier alpha value is -2.78. The molecule has 10 nitrogen and oxygen atoms in total. The lowest BCUT2D eigenvalue weighted by atomic mass is 9.92. The van der Waals surface area contributed by atoms with Crippen molar-refractivity contribution in [2.24, 2.45) is 11.8 Å². The molecule has 0 aromatic heterocycles. The lowest BCUT2D eigenvalue weighted by molar-refractivity contribution is -0.427. The maximum atomic E-state index is 10.8. The van der Waals surface area contributed by atoms with Gasteiger partial charge >= 0.3 is 11.9 Å². The predicted molar refractivity (Wildman–Crippen MR) is 86.8 cm³/mol. The van der Waals surface area contributed by atoms with Crippen LogP contribution in [-0.4, -0.2) is 32.0 Å². The van der Waals surface area contributed by atoms with Gasteiger partial charge in [-0.1, -0.05) is 13.8 Å². The van der Waals surface area contributed by atoms with Crippen LogP contribution in [0.15, 0.2) is 23.5 Å². The van der Waals surface area contributed by atoms with Gasteiger partial charge in [0.2, 0.25) is 0 Å². The highest BCUT2D eigenvalue weighted by molar-refractivity contribution is 5.69. The van der Waals surface area contributed by atoms with Crippen LogP contribution in [0.5, 0.6) is 0 Å². The molecule has 0 aromatic carbocycles. The molecule has 2 unspecified atom stereocenters. The molecular weight excluding hydrogens is 336 g/mol. The Bertz CT molecular complexity index is 532. The van der Waals surface area contributed by atoms with Gasteiger partial charge in [0.05, 0.1) is 9.85 Å². The number of hydrogen-bond donors (Lipinski definition) is 2. The van der Waals surface area contributed by atoms with E-state index in [4.69, 9.17) is 10.2 Å². The molecule has 0 saturated carbocycles. The van der Waals surface area contributed by atoms with Crippen LogP contribution >= 0.6 is 0 Å². The molecule has 0 amide bonds. The summed E-state index contributed by atoms with van der Waals surface area (Å²) < 4.78 is 0. The van der Waals surface area contributed by atoms with Gasteiger partial charge in [-0.2, -0.15) is 0 Å². The molecule has 0 heterocycles. The standard InChI is InChI=1S/C15H22N2O8/c1-10(3-5-12(16(22)23)8-14(18)19)7-11(2)4-6-13(17(24)25)9-15(20)21/h5-6,10-11H,3-4,7-9H2,1-2H3,(H,18,19)(H,20,21)/b12-5-,13-6-. The third-order valence-corrected chi connectivity index (χ3v) is 3.45. The molecule has 0 spiro atoms. The van der Waals surface area contributed by atoms with Crippen molar-refractivity contribution < 1.29 is 29.6 Å². The Kier molecular flexibility index (Phi) is 9.68. The number of allylic oxidation sites excluding steroid dienone is 2. The summed E-state index contributed by atoms with van der Waals surface area (Å²) in [6, 6.07) is 0. The molecule has 2 N–H and O–H groups in total. The van der Waals surface area contributed by atoms with Gasteiger partial charge in [-0.05, 0) is 43.3 Å². The molecule has 0 rings (SSSR count). The number of nitro groups is 2. The van der Waals surface area contributed by atoms with Crippen molar-refractivity contribution in [1.82, 2.24) is 0 Å². The van der Waals surface area contributed by atoms with E-state index in [9.17, 15) is 29.8 Å². The van der Waals surface area contributed by atoms with E-state index in [1.807, 2.05) is 13.8 Å². The molecule has 0 aromatic rings. The summed E-state index contributed by atoms with van der Waals surface area (Å²) in [5.74, 6) is -2.55. The molecule has 140 valence electrons. The first-order valence-corrected chi connectivity index (χ1v) is 7.63. The number of hydrogen-bond acceptors (Lipinski definition) is 6. The zero-order chi connectivity index (χ0) is 19.6. The minimum atomic E-state index is -1.28. The first-order valence-electron chi connectivity index (χ1n) is 7.63. The van der Waals surface area contributed by atoms with Crippen molar-refractivity contribution in [2.45, 2.75) is 46.0 Å². The fourth-order valence-electron chi connectivity index (χ4n) is 2.29. The predicted octanol–water partition coefficient (Wildman–Crippen LogP) is 2.70. The van der Waals surface area contributed by atoms with Crippen molar-refractivity contribution in [3.8, 4) is 0 Å². The van der Waals surface area contributed by atoms with Gasteiger partial charge in [0, 0.05) is 0 Å². The Labute approximate surface area is 144 Å². The summed E-state index contributed by atoms with van der Waals surface area (Å²) in [6.45, 7) is 3.67. The summed E-state index contributed by atoms with van der Waals surface area (Å²) in [6.07, 6.45) is 2.49. The summed E-state index contributed by atoms with van der Waals surface area (Å²) in [7, 11) is 0. The minimum absolute atomic E-state index is 0.00525. The zero-order valence-electron chi connectivity index (χ0n) is 14.1. The summed E-state index contributed by atoms with van der Waals surface area (Å²) >= 11 is 0. The number of rotatable bonds is 12. The molecule has 2 atom stereocenters. The number of carboxylic acid groups (broad SMARTS) is 2. The zero-order valence-corrected chi connectivity index (χ0v) is 14.1. The smallest absolute Gasteiger partial charge is 0.314 e. The summed E-state index contributed by atoms with van der Waals surface area (Å²) in [5.41, 5.74) is -0.743. The van der Waals surface area contributed by atoms with Gasteiger partial charge in [-0.15, -0.1) is 0 Å². The molecule has 0 fully saturated rings. The monoisotopic (exact) mass is 358 g/mol. The van der Waals surface area contributed by atoms with Crippen LogP contribution < -0.4 is 0 Å². The second kappa shape index (κ2) is 10.9. The van der Waals surface area contributed by atoms with E-state index < -0.39 is 34.6 Å². The maximum absolute atomic E-state index is 10.8. The number of aliphatic carboxylic acids is 2. The highest BCUT2D eigenvalue weighted by Crippen LogP contribution is 2.21. The average molecular weight is 358 g/mol. The third kappa shape index (κ3) is 10.6. The van der Waals surface area contributed by atoms with Crippen molar-refractivity contribution in [3.63, 3.8) is 0 Å². The molecule has 0 aliphatic heterocycles. The van der Waals surface area contributed by atoms with Crippen LogP contribution in [-0.2, 0) is 9.59 Å². The Morgan fingerprint density at radius 1 is 0.880 bits per heavy atom. The fraction of sp³-hybridized carbons (Fsp3) is 0.600. The van der Waals surface area contributed by atoms with E-state index in [1.54, 1.807) is 0 Å². The summed E-state index contributed by atoms with van der Waals surface area (Å²) in [5, 5.41) is 38.8. The Balaban J connectivity index is 4.65. The average Bonchev–Trinajstić information content (AvgIpc) is 2.46. The fourth-order valence-corrected chi connectivity index (χ4v) is 2.29. The van der Waals surface area contributed by atoms with Crippen molar-refractivity contribution in [3.05, 3.63) is 43.8 Å². The second-order valence-corrected chi connectivity index (χ2v) is 5.96. The van der Waals surface area contributed by atoms with Gasteiger partial charge < -0.3 is 10.2 Å². The van der Waals surface area contributed by atoms with E-state index >= 15 is 0 Å². The topological polar surface area (TPSA) is 161 Å². The molecule has 25 heavy (non-hydrogen) atoms. The third-order valence-electron chi connectivity index (χ3n) is 3.45. The first-order chi connectivity index (χ1) is 11.5. The van der Waals surface area contributed by atoms with Crippen LogP contribution in [0.3, 0.4) is 0 Å². The SMILES string of the molecule is CC(C/C=C(/CC(=O)O)[N+](=O)[O-])CC(C)C/C=C(/CC(=O)O)[N+](=O)[O-]. The van der Waals surface area contributed by atoms with E-state index in [2.05, 4.69) is 0 Å². The van der Waals surface area contributed by atoms with Gasteiger partial charge in [-0.3, -0.25) is 29.8 Å². The van der Waals surface area contributed by atoms with E-state index in [-0.39, 0.29) is 23.2 Å². The highest BCUT2D eigenvalue weighted by Gasteiger charge is 2.18. The second-order valence-electron chi connectivity index (χ2n) is 5.96. The molecule has 0 saturated heterocycles. The number of carbonyl (C=O) groups is 2. The molecule has 0 aliphatic rings. The molecule has 0 bridgehead atoms. The molecule has 0 radical (unpaired) electrons. The Morgan fingerprint density at radius 3 is 1.44 bits per heavy atom. The molecule has 0 aliphatic carbocycles. The van der Waals surface area contributed by atoms with Gasteiger partial charge in [0.1, 0.15) is 12.8 Å². The van der Waals surface area contributed by atoms with Crippen molar-refractivity contribution in [2.75, 3.05) is 0 Å². The number of carboxylic acids is 2. The Morgan fingerprint density at radius 2 is 1.20 bits per heavy atom. The van der Waals surface area contributed by atoms with E-state index in [0.29, 0.717) is 19.3 Å². The number of nitrogens with zero attached hydrogens (tertiary/aromatic N) is 2. The van der Waals surface area contributed by atoms with Crippen LogP contribution in [0.4, 0.5) is 0 Å². The van der Waals surface area contributed by atoms with Gasteiger partial charge in [0.15, 0.2) is 0 Å². The first kappa shape index (κ1) is 22.2. The maximum Gasteiger partial charge on any atom is 0.314 e. The largest absolute Gasteiger partial charge is 0.481 e. The van der Waals surface area contributed by atoms with Crippen LogP contribution in [0.1, 0.15) is 46.0 Å². The van der Waals surface area contributed by atoms with Crippen LogP contribution in [0, 0.1) is 32.1 Å².